The molecule has 0 saturated carbocycles. The molecule has 6 nitrogen and oxygen atoms in total. The number of benzene rings is 1. The molecule has 0 aromatic heterocycles. The van der Waals surface area contributed by atoms with Crippen molar-refractivity contribution in [3.05, 3.63) is 28.0 Å². The summed E-state index contributed by atoms with van der Waals surface area (Å²) < 4.78 is 50.7. The molecule has 2 rings (SSSR count). The van der Waals surface area contributed by atoms with Crippen LogP contribution in [-0.2, 0) is 21.3 Å². The Labute approximate surface area is 145 Å². The van der Waals surface area contributed by atoms with Gasteiger partial charge in [0, 0.05) is 24.4 Å². The summed E-state index contributed by atoms with van der Waals surface area (Å²) in [4.78, 5) is 11.5. The van der Waals surface area contributed by atoms with E-state index in [2.05, 4.69) is 5.32 Å². The highest BCUT2D eigenvalue weighted by molar-refractivity contribution is 7.85. The van der Waals surface area contributed by atoms with Crippen molar-refractivity contribution in [3.8, 4) is 5.75 Å². The van der Waals surface area contributed by atoms with E-state index in [1.54, 1.807) is 6.92 Å². The molecule has 134 valence electrons. The number of carbonyl (C=O) groups is 1. The fourth-order valence-corrected chi connectivity index (χ4v) is 3.55. The number of carbonyl (C=O) groups excluding carboxylic acids is 1. The summed E-state index contributed by atoms with van der Waals surface area (Å²) in [6.07, 6.45) is 0.528. The summed E-state index contributed by atoms with van der Waals surface area (Å²) in [5, 5.41) is 2.55. The molecule has 1 fully saturated rings. The summed E-state index contributed by atoms with van der Waals surface area (Å²) in [5.41, 5.74) is 0.797. The van der Waals surface area contributed by atoms with Gasteiger partial charge in [0.25, 0.3) is 10.1 Å². The lowest BCUT2D eigenvalue weighted by Gasteiger charge is -2.20. The molecule has 24 heavy (non-hydrogen) atoms. The van der Waals surface area contributed by atoms with E-state index in [-0.39, 0.29) is 42.4 Å². The monoisotopic (exact) mass is 379 g/mol. The average Bonchev–Trinajstić information content (AvgIpc) is 2.89. The fraction of sp³-hybridized carbons (Fsp3) is 0.533. The van der Waals surface area contributed by atoms with Crippen LogP contribution in [0.1, 0.15) is 36.8 Å². The van der Waals surface area contributed by atoms with Gasteiger partial charge in [-0.3, -0.25) is 9.35 Å². The standard InChI is InChI=1S/C15H19ClFNO5S/c1-2-23-15-9(4-3-5-24(20,21)22)6-11(16)14(17)13(15)10-7-12(19)18-8-10/h6,10H,2-5,7-8H2,1H3,(H,18,19)(H,20,21,22)/t10-/m0/s1. The second-order valence-electron chi connectivity index (χ2n) is 5.60. The highest BCUT2D eigenvalue weighted by atomic mass is 35.5. The van der Waals surface area contributed by atoms with E-state index in [0.29, 0.717) is 17.9 Å². The minimum absolute atomic E-state index is 0.102. The lowest BCUT2D eigenvalue weighted by molar-refractivity contribution is -0.119. The Morgan fingerprint density at radius 2 is 2.21 bits per heavy atom. The zero-order valence-corrected chi connectivity index (χ0v) is 14.7. The highest BCUT2D eigenvalue weighted by Crippen LogP contribution is 2.40. The Kier molecular flexibility index (Phi) is 6.06. The molecule has 0 bridgehead atoms. The first-order valence-electron chi connectivity index (χ1n) is 7.58. The van der Waals surface area contributed by atoms with Crippen LogP contribution in [0.5, 0.6) is 5.75 Å². The summed E-state index contributed by atoms with van der Waals surface area (Å²) >= 11 is 5.97. The molecule has 1 aliphatic rings. The van der Waals surface area contributed by atoms with Crippen LogP contribution in [0.4, 0.5) is 4.39 Å². The van der Waals surface area contributed by atoms with E-state index in [4.69, 9.17) is 20.9 Å². The van der Waals surface area contributed by atoms with Crippen LogP contribution in [0.25, 0.3) is 0 Å². The molecule has 1 saturated heterocycles. The molecule has 0 spiro atoms. The zero-order chi connectivity index (χ0) is 17.9. The van der Waals surface area contributed by atoms with Crippen LogP contribution in [0, 0.1) is 5.82 Å². The molecule has 1 amide bonds. The van der Waals surface area contributed by atoms with Crippen molar-refractivity contribution in [1.29, 1.82) is 0 Å². The maximum Gasteiger partial charge on any atom is 0.264 e. The zero-order valence-electron chi connectivity index (χ0n) is 13.1. The first-order valence-corrected chi connectivity index (χ1v) is 9.57. The van der Waals surface area contributed by atoms with Crippen LogP contribution in [0.2, 0.25) is 5.02 Å². The first kappa shape index (κ1) is 19.0. The van der Waals surface area contributed by atoms with Crippen molar-refractivity contribution in [2.45, 2.75) is 32.1 Å². The Hall–Kier alpha value is -1.38. The number of nitrogens with one attached hydrogen (secondary N) is 1. The fourth-order valence-electron chi connectivity index (χ4n) is 2.80. The Bertz CT molecular complexity index is 738. The van der Waals surface area contributed by atoms with E-state index < -0.39 is 27.6 Å². The van der Waals surface area contributed by atoms with E-state index in [0.717, 1.165) is 0 Å². The van der Waals surface area contributed by atoms with Gasteiger partial charge in [-0.05, 0) is 31.4 Å². The van der Waals surface area contributed by atoms with Crippen molar-refractivity contribution in [2.75, 3.05) is 18.9 Å². The molecule has 1 heterocycles. The summed E-state index contributed by atoms with van der Waals surface area (Å²) in [6, 6.07) is 1.40. The highest BCUT2D eigenvalue weighted by Gasteiger charge is 2.31. The van der Waals surface area contributed by atoms with Crippen molar-refractivity contribution >= 4 is 27.6 Å². The molecule has 0 unspecified atom stereocenters. The van der Waals surface area contributed by atoms with E-state index in [9.17, 15) is 17.6 Å². The third-order valence-corrected chi connectivity index (χ3v) is 4.89. The van der Waals surface area contributed by atoms with E-state index >= 15 is 0 Å². The predicted octanol–water partition coefficient (Wildman–Crippen LogP) is 2.30. The van der Waals surface area contributed by atoms with Crippen LogP contribution in [0.15, 0.2) is 6.07 Å². The first-order chi connectivity index (χ1) is 11.2. The second-order valence-corrected chi connectivity index (χ2v) is 7.58. The van der Waals surface area contributed by atoms with Gasteiger partial charge in [-0.1, -0.05) is 11.6 Å². The predicted molar refractivity (Wildman–Crippen MR) is 87.7 cm³/mol. The number of amides is 1. The molecule has 0 radical (unpaired) electrons. The van der Waals surface area contributed by atoms with Gasteiger partial charge in [0.05, 0.1) is 17.4 Å². The quantitative estimate of drug-likeness (QED) is 0.709. The van der Waals surface area contributed by atoms with Crippen LogP contribution >= 0.6 is 11.6 Å². The molecule has 1 aliphatic heterocycles. The van der Waals surface area contributed by atoms with Gasteiger partial charge < -0.3 is 10.1 Å². The van der Waals surface area contributed by atoms with Crippen LogP contribution < -0.4 is 10.1 Å². The minimum Gasteiger partial charge on any atom is -0.493 e. The van der Waals surface area contributed by atoms with Crippen molar-refractivity contribution < 1.29 is 26.9 Å². The summed E-state index contributed by atoms with van der Waals surface area (Å²) in [6.45, 7) is 2.32. The van der Waals surface area contributed by atoms with Gasteiger partial charge in [-0.25, -0.2) is 4.39 Å². The van der Waals surface area contributed by atoms with Crippen molar-refractivity contribution in [2.24, 2.45) is 0 Å². The lowest BCUT2D eigenvalue weighted by atomic mass is 9.93. The third-order valence-electron chi connectivity index (χ3n) is 3.81. The van der Waals surface area contributed by atoms with Gasteiger partial charge in [0.1, 0.15) is 11.6 Å². The smallest absolute Gasteiger partial charge is 0.264 e. The Morgan fingerprint density at radius 1 is 1.50 bits per heavy atom. The average molecular weight is 380 g/mol. The maximum atomic E-state index is 14.6. The molecule has 9 heteroatoms. The van der Waals surface area contributed by atoms with E-state index in [1.807, 2.05) is 0 Å². The third kappa shape index (κ3) is 4.58. The molecular weight excluding hydrogens is 361 g/mol. The normalized spacial score (nSPS) is 17.8. The molecule has 1 aromatic carbocycles. The lowest BCUT2D eigenvalue weighted by Crippen LogP contribution is -2.15. The van der Waals surface area contributed by atoms with Gasteiger partial charge in [-0.2, -0.15) is 8.42 Å². The van der Waals surface area contributed by atoms with Gasteiger partial charge in [0.2, 0.25) is 5.91 Å². The Morgan fingerprint density at radius 3 is 2.75 bits per heavy atom. The molecule has 2 N–H and O–H groups in total. The van der Waals surface area contributed by atoms with Crippen LogP contribution in [-0.4, -0.2) is 37.8 Å². The summed E-state index contributed by atoms with van der Waals surface area (Å²) in [7, 11) is -4.07. The SMILES string of the molecule is CCOc1c(CCCS(=O)(=O)O)cc(Cl)c(F)c1[C@@H]1CNC(=O)C1. The second kappa shape index (κ2) is 7.67. The topological polar surface area (TPSA) is 92.7 Å². The van der Waals surface area contributed by atoms with Crippen molar-refractivity contribution in [3.63, 3.8) is 0 Å². The largest absolute Gasteiger partial charge is 0.493 e. The number of aryl methyl sites for hydroxylation is 1. The number of rotatable bonds is 7. The van der Waals surface area contributed by atoms with Gasteiger partial charge >= 0.3 is 0 Å². The molecule has 1 aromatic rings. The van der Waals surface area contributed by atoms with Gasteiger partial charge in [0.15, 0.2) is 0 Å². The maximum absolute atomic E-state index is 14.6. The van der Waals surface area contributed by atoms with Gasteiger partial charge in [-0.15, -0.1) is 0 Å². The van der Waals surface area contributed by atoms with E-state index in [1.165, 1.54) is 6.07 Å². The number of halogens is 2. The Balaban J connectivity index is 2.39. The minimum atomic E-state index is -4.07. The molecular formula is C15H19ClFNO5S. The van der Waals surface area contributed by atoms with Crippen LogP contribution in [0.3, 0.4) is 0 Å². The molecule has 0 aliphatic carbocycles. The summed E-state index contributed by atoms with van der Waals surface area (Å²) in [5.74, 6) is -1.30. The van der Waals surface area contributed by atoms with Crippen molar-refractivity contribution in [1.82, 2.24) is 5.32 Å². The molecule has 1 atom stereocenters. The number of hydrogen-bond donors (Lipinski definition) is 2. The number of ether oxygens (including phenoxy) is 1. The number of hydrogen-bond acceptors (Lipinski definition) is 4.